The Kier molecular flexibility index (Phi) is 4.76. The zero-order valence-corrected chi connectivity index (χ0v) is 14.8. The average Bonchev–Trinajstić information content (AvgIpc) is 2.61. The van der Waals surface area contributed by atoms with Crippen LogP contribution in [-0.2, 0) is 9.47 Å². The number of hydrogen-bond acceptors (Lipinski definition) is 3. The van der Waals surface area contributed by atoms with E-state index in [0.717, 1.165) is 10.6 Å². The molecule has 1 aliphatic rings. The summed E-state index contributed by atoms with van der Waals surface area (Å²) in [6.07, 6.45) is 5.24. The average molecular weight is 341 g/mol. The molecule has 0 bridgehead atoms. The Morgan fingerprint density at radius 2 is 1.54 bits per heavy atom. The molecular weight excluding hydrogens is 319 g/mol. The molecule has 2 atom stereocenters. The van der Waals surface area contributed by atoms with E-state index < -0.39 is 19.4 Å². The molecule has 3 nitrogen and oxygen atoms in total. The van der Waals surface area contributed by atoms with E-state index in [0.29, 0.717) is 6.61 Å². The van der Waals surface area contributed by atoms with E-state index in [2.05, 4.69) is 5.92 Å². The van der Waals surface area contributed by atoms with Gasteiger partial charge in [-0.25, -0.2) is 4.89 Å². The molecule has 0 spiro atoms. The van der Waals surface area contributed by atoms with E-state index in [1.165, 1.54) is 0 Å². The molecule has 124 valence electrons. The topological polar surface area (TPSA) is 38.7 Å². The van der Waals surface area contributed by atoms with Crippen molar-refractivity contribution in [2.24, 2.45) is 0 Å². The molecule has 1 aliphatic heterocycles. The Balaban J connectivity index is 2.11. The third kappa shape index (κ3) is 3.11. The Morgan fingerprint density at radius 3 is 2.00 bits per heavy atom. The Labute approximate surface area is 144 Å². The highest BCUT2D eigenvalue weighted by molar-refractivity contribution is 7.85. The van der Waals surface area contributed by atoms with Crippen LogP contribution >= 0.6 is 7.49 Å². The molecule has 0 amide bonds. The van der Waals surface area contributed by atoms with Crippen LogP contribution in [0.15, 0.2) is 60.7 Å². The fourth-order valence-corrected chi connectivity index (χ4v) is 6.23. The third-order valence-corrected chi connectivity index (χ3v) is 7.86. The standard InChI is InChI=1S/C20H22O3P/c1-4-18-19(15-22-20(2,3)23-18)24(21,16-11-7-5-8-12-16)17-13-9-6-10-14-17/h1,5-14,18-19,21H,15H2,2-3H3/q+1/t18-,19?/m0/s1. The van der Waals surface area contributed by atoms with Crippen LogP contribution in [0.25, 0.3) is 0 Å². The van der Waals surface area contributed by atoms with Crippen molar-refractivity contribution in [3.63, 3.8) is 0 Å². The molecule has 1 unspecified atom stereocenters. The normalized spacial score (nSPS) is 23.4. The molecule has 2 aromatic carbocycles. The van der Waals surface area contributed by atoms with Gasteiger partial charge in [-0.05, 0) is 38.1 Å². The van der Waals surface area contributed by atoms with Crippen LogP contribution in [0.2, 0.25) is 0 Å². The molecule has 0 aliphatic carbocycles. The summed E-state index contributed by atoms with van der Waals surface area (Å²) < 4.78 is 11.8. The van der Waals surface area contributed by atoms with Gasteiger partial charge in [-0.1, -0.05) is 42.3 Å². The summed E-state index contributed by atoms with van der Waals surface area (Å²) in [5.74, 6) is 1.98. The van der Waals surface area contributed by atoms with E-state index in [4.69, 9.17) is 15.9 Å². The zero-order chi connectivity index (χ0) is 17.2. The predicted molar refractivity (Wildman–Crippen MR) is 98.8 cm³/mol. The summed E-state index contributed by atoms with van der Waals surface area (Å²) in [4.78, 5) is 11.9. The quantitative estimate of drug-likeness (QED) is 0.689. The van der Waals surface area contributed by atoms with Gasteiger partial charge < -0.3 is 9.47 Å². The number of ether oxygens (including phenoxy) is 2. The molecule has 4 heteroatoms. The van der Waals surface area contributed by atoms with Gasteiger partial charge in [0.05, 0.1) is 6.61 Å². The van der Waals surface area contributed by atoms with Gasteiger partial charge in [0.1, 0.15) is 10.6 Å². The first-order valence-electron chi connectivity index (χ1n) is 7.98. The zero-order valence-electron chi connectivity index (χ0n) is 13.9. The lowest BCUT2D eigenvalue weighted by Gasteiger charge is -2.41. The monoisotopic (exact) mass is 341 g/mol. The lowest BCUT2D eigenvalue weighted by atomic mass is 10.2. The van der Waals surface area contributed by atoms with Gasteiger partial charge in [-0.3, -0.25) is 0 Å². The predicted octanol–water partition coefficient (Wildman–Crippen LogP) is 2.72. The maximum absolute atomic E-state index is 11.9. The molecule has 0 radical (unpaired) electrons. The van der Waals surface area contributed by atoms with Crippen LogP contribution in [-0.4, -0.2) is 29.1 Å². The molecule has 1 heterocycles. The first-order chi connectivity index (χ1) is 11.5. The van der Waals surface area contributed by atoms with Crippen LogP contribution in [0.3, 0.4) is 0 Å². The molecule has 0 aromatic heterocycles. The SMILES string of the molecule is C#C[C@@H]1OC(C)(C)OCC1[P+](O)(c1ccccc1)c1ccccc1. The molecule has 1 fully saturated rings. The van der Waals surface area contributed by atoms with E-state index in [-0.39, 0.29) is 5.66 Å². The maximum Gasteiger partial charge on any atom is 0.215 e. The summed E-state index contributed by atoms with van der Waals surface area (Å²) in [6, 6.07) is 19.4. The fourth-order valence-electron chi connectivity index (χ4n) is 3.08. The summed E-state index contributed by atoms with van der Waals surface area (Å²) in [5, 5.41) is 1.77. The van der Waals surface area contributed by atoms with Crippen molar-refractivity contribution in [1.82, 2.24) is 0 Å². The largest absolute Gasteiger partial charge is 0.346 e. The molecule has 0 saturated carbocycles. The minimum absolute atomic E-state index is 0.305. The number of terminal acetylenes is 1. The van der Waals surface area contributed by atoms with E-state index in [9.17, 15) is 4.89 Å². The van der Waals surface area contributed by atoms with Crippen molar-refractivity contribution >= 4 is 18.1 Å². The first kappa shape index (κ1) is 17.1. The second kappa shape index (κ2) is 6.67. The number of benzene rings is 2. The Hall–Kier alpha value is -1.69. The van der Waals surface area contributed by atoms with E-state index in [1.807, 2.05) is 74.5 Å². The molecular formula is C20H22O3P+. The van der Waals surface area contributed by atoms with E-state index >= 15 is 0 Å². The molecule has 3 rings (SSSR count). The van der Waals surface area contributed by atoms with Crippen molar-refractivity contribution in [3.05, 3.63) is 60.7 Å². The highest BCUT2D eigenvalue weighted by Gasteiger charge is 2.56. The van der Waals surface area contributed by atoms with Gasteiger partial charge in [-0.15, -0.1) is 6.42 Å². The second-order valence-corrected chi connectivity index (χ2v) is 9.41. The van der Waals surface area contributed by atoms with Crippen LogP contribution in [0.4, 0.5) is 0 Å². The van der Waals surface area contributed by atoms with Crippen LogP contribution in [0.1, 0.15) is 13.8 Å². The van der Waals surface area contributed by atoms with Crippen molar-refractivity contribution in [2.45, 2.75) is 31.4 Å². The van der Waals surface area contributed by atoms with E-state index in [1.54, 1.807) is 0 Å². The summed E-state index contributed by atoms with van der Waals surface area (Å²) in [7, 11) is -2.77. The van der Waals surface area contributed by atoms with Gasteiger partial charge in [0.25, 0.3) is 0 Å². The van der Waals surface area contributed by atoms with Gasteiger partial charge in [-0.2, -0.15) is 0 Å². The highest BCUT2D eigenvalue weighted by atomic mass is 31.2. The van der Waals surface area contributed by atoms with Crippen LogP contribution in [0, 0.1) is 12.3 Å². The lowest BCUT2D eigenvalue weighted by molar-refractivity contribution is -0.258. The third-order valence-electron chi connectivity index (χ3n) is 4.31. The summed E-state index contributed by atoms with van der Waals surface area (Å²) in [5.41, 5.74) is -0.305. The highest BCUT2D eigenvalue weighted by Crippen LogP contribution is 2.59. The molecule has 1 saturated heterocycles. The Morgan fingerprint density at radius 1 is 1.04 bits per heavy atom. The van der Waals surface area contributed by atoms with Crippen molar-refractivity contribution in [3.8, 4) is 12.3 Å². The minimum Gasteiger partial charge on any atom is -0.346 e. The van der Waals surface area contributed by atoms with Gasteiger partial charge >= 0.3 is 0 Å². The molecule has 2 aromatic rings. The number of hydrogen-bond donors (Lipinski definition) is 1. The lowest BCUT2D eigenvalue weighted by Crippen LogP contribution is -2.51. The van der Waals surface area contributed by atoms with Crippen molar-refractivity contribution < 1.29 is 14.4 Å². The van der Waals surface area contributed by atoms with Gasteiger partial charge in [0, 0.05) is 0 Å². The van der Waals surface area contributed by atoms with Crippen LogP contribution < -0.4 is 10.6 Å². The molecule has 24 heavy (non-hydrogen) atoms. The molecule has 1 N–H and O–H groups in total. The Bertz CT molecular complexity index is 682. The maximum atomic E-state index is 11.9. The second-order valence-electron chi connectivity index (χ2n) is 6.34. The van der Waals surface area contributed by atoms with Crippen molar-refractivity contribution in [1.29, 1.82) is 0 Å². The summed E-state index contributed by atoms with van der Waals surface area (Å²) in [6.45, 7) is 4.04. The fraction of sp³-hybridized carbons (Fsp3) is 0.300. The minimum atomic E-state index is -2.77. The summed E-state index contributed by atoms with van der Waals surface area (Å²) >= 11 is 0. The number of rotatable bonds is 3. The van der Waals surface area contributed by atoms with Crippen molar-refractivity contribution in [2.75, 3.05) is 6.61 Å². The van der Waals surface area contributed by atoms with Crippen LogP contribution in [0.5, 0.6) is 0 Å². The smallest absolute Gasteiger partial charge is 0.215 e. The first-order valence-corrected chi connectivity index (χ1v) is 9.79. The van der Waals surface area contributed by atoms with Gasteiger partial charge in [0.2, 0.25) is 7.49 Å². The van der Waals surface area contributed by atoms with Gasteiger partial charge in [0.15, 0.2) is 17.6 Å².